The highest BCUT2D eigenvalue weighted by Gasteiger charge is 2.13. The Morgan fingerprint density at radius 1 is 1.03 bits per heavy atom. The molecule has 0 radical (unpaired) electrons. The zero-order valence-corrected chi connectivity index (χ0v) is 16.6. The Labute approximate surface area is 171 Å². The van der Waals surface area contributed by atoms with Gasteiger partial charge in [0.25, 0.3) is 0 Å². The van der Waals surface area contributed by atoms with E-state index in [4.69, 9.17) is 0 Å². The molecule has 2 aromatic heterocycles. The minimum Gasteiger partial charge on any atom is -0.326 e. The second-order valence-corrected chi connectivity index (χ2v) is 7.38. The van der Waals surface area contributed by atoms with Gasteiger partial charge in [0.05, 0.1) is 5.69 Å². The van der Waals surface area contributed by atoms with E-state index in [-0.39, 0.29) is 11.8 Å². The molecule has 8 heteroatoms. The third-order valence-electron chi connectivity index (χ3n) is 4.32. The molecule has 0 aliphatic heterocycles. The minimum absolute atomic E-state index is 0.111. The van der Waals surface area contributed by atoms with Crippen LogP contribution in [0.15, 0.2) is 60.0 Å². The van der Waals surface area contributed by atoms with Gasteiger partial charge in [-0.2, -0.15) is 4.98 Å². The first-order valence-corrected chi connectivity index (χ1v) is 10.0. The molecule has 2 aromatic carbocycles. The molecule has 0 spiro atoms. The molecule has 7 nitrogen and oxygen atoms in total. The lowest BCUT2D eigenvalue weighted by molar-refractivity contribution is -0.116. The molecule has 0 bridgehead atoms. The van der Waals surface area contributed by atoms with Crippen LogP contribution in [0.4, 0.5) is 11.6 Å². The maximum Gasteiger partial charge on any atom is 0.250 e. The fourth-order valence-corrected chi connectivity index (χ4v) is 3.78. The first-order chi connectivity index (χ1) is 14.1. The molecule has 2 amide bonds. The lowest BCUT2D eigenvalue weighted by Gasteiger charge is -2.04. The summed E-state index contributed by atoms with van der Waals surface area (Å²) in [5.41, 5.74) is 3.66. The van der Waals surface area contributed by atoms with Crippen LogP contribution in [0.25, 0.3) is 16.2 Å². The number of hydrogen-bond acceptors (Lipinski definition) is 5. The van der Waals surface area contributed by atoms with Crippen molar-refractivity contribution in [2.45, 2.75) is 19.8 Å². The Kier molecular flexibility index (Phi) is 5.35. The van der Waals surface area contributed by atoms with Gasteiger partial charge in [-0.05, 0) is 24.1 Å². The van der Waals surface area contributed by atoms with Crippen LogP contribution >= 0.6 is 11.3 Å². The van der Waals surface area contributed by atoms with E-state index >= 15 is 0 Å². The zero-order chi connectivity index (χ0) is 20.2. The molecule has 0 saturated heterocycles. The normalized spacial score (nSPS) is 10.8. The van der Waals surface area contributed by atoms with Gasteiger partial charge in [0.2, 0.25) is 22.7 Å². The summed E-state index contributed by atoms with van der Waals surface area (Å²) in [4.78, 5) is 28.5. The topological polar surface area (TPSA) is 88.4 Å². The number of aromatic nitrogens is 3. The third-order valence-corrected chi connectivity index (χ3v) is 5.13. The fraction of sp³-hybridized carbons (Fsp3) is 0.143. The number of benzene rings is 2. The molecule has 0 aliphatic rings. The van der Waals surface area contributed by atoms with Crippen LogP contribution in [-0.4, -0.2) is 26.4 Å². The van der Waals surface area contributed by atoms with Crippen molar-refractivity contribution in [2.75, 3.05) is 10.6 Å². The summed E-state index contributed by atoms with van der Waals surface area (Å²) in [6, 6.07) is 17.4. The fourth-order valence-electron chi connectivity index (χ4n) is 2.95. The standard InChI is InChI=1S/C21H19N5O2S/c1-14(27)22-17-10-8-16(9-11-17)18-13-29-21-24-20(25-26(18)21)23-19(28)12-7-15-5-3-2-4-6-15/h2-6,8-11,13H,7,12H2,1H3,(H,22,27)(H,23,25,28). The number of carbonyl (C=O) groups excluding carboxylic acids is 2. The SMILES string of the molecule is CC(=O)Nc1ccc(-c2csc3nc(NC(=O)CCc4ccccc4)nn23)cc1. The largest absolute Gasteiger partial charge is 0.326 e. The monoisotopic (exact) mass is 405 g/mol. The minimum atomic E-state index is -0.117. The molecule has 4 rings (SSSR count). The molecule has 0 saturated carbocycles. The van der Waals surface area contributed by atoms with Crippen LogP contribution in [-0.2, 0) is 16.0 Å². The van der Waals surface area contributed by atoms with Gasteiger partial charge in [-0.3, -0.25) is 14.9 Å². The molecule has 2 heterocycles. The summed E-state index contributed by atoms with van der Waals surface area (Å²) >= 11 is 1.45. The Balaban J connectivity index is 1.45. The molecule has 4 aromatic rings. The van der Waals surface area contributed by atoms with Crippen molar-refractivity contribution in [2.24, 2.45) is 0 Å². The number of nitrogens with zero attached hydrogens (tertiary/aromatic N) is 3. The molecular weight excluding hydrogens is 386 g/mol. The van der Waals surface area contributed by atoms with Gasteiger partial charge in [-0.1, -0.05) is 42.5 Å². The van der Waals surface area contributed by atoms with E-state index in [1.807, 2.05) is 60.0 Å². The number of rotatable bonds is 6. The lowest BCUT2D eigenvalue weighted by atomic mass is 10.1. The van der Waals surface area contributed by atoms with Crippen molar-refractivity contribution in [1.29, 1.82) is 0 Å². The number of nitrogens with one attached hydrogen (secondary N) is 2. The van der Waals surface area contributed by atoms with E-state index in [1.54, 1.807) is 4.52 Å². The Bertz CT molecular complexity index is 1150. The number of carbonyl (C=O) groups is 2. The second kappa shape index (κ2) is 8.24. The van der Waals surface area contributed by atoms with Crippen molar-refractivity contribution in [1.82, 2.24) is 14.6 Å². The van der Waals surface area contributed by atoms with E-state index < -0.39 is 0 Å². The van der Waals surface area contributed by atoms with Crippen LogP contribution in [0.5, 0.6) is 0 Å². The number of thiazole rings is 1. The van der Waals surface area contributed by atoms with Crippen molar-refractivity contribution in [3.8, 4) is 11.3 Å². The summed E-state index contributed by atoms with van der Waals surface area (Å²) in [7, 11) is 0. The van der Waals surface area contributed by atoms with Crippen LogP contribution < -0.4 is 10.6 Å². The molecule has 0 atom stereocenters. The second-order valence-electron chi connectivity index (χ2n) is 6.54. The van der Waals surface area contributed by atoms with Gasteiger partial charge in [0, 0.05) is 30.0 Å². The summed E-state index contributed by atoms with van der Waals surface area (Å²) in [6.07, 6.45) is 1.04. The molecule has 146 valence electrons. The maximum absolute atomic E-state index is 12.2. The van der Waals surface area contributed by atoms with E-state index in [1.165, 1.54) is 18.3 Å². The number of fused-ring (bicyclic) bond motifs is 1. The maximum atomic E-state index is 12.2. The molecule has 2 N–H and O–H groups in total. The Hall–Kier alpha value is -3.52. The van der Waals surface area contributed by atoms with Gasteiger partial charge in [0.15, 0.2) is 0 Å². The highest BCUT2D eigenvalue weighted by Crippen LogP contribution is 2.27. The van der Waals surface area contributed by atoms with E-state index in [0.717, 1.165) is 22.5 Å². The van der Waals surface area contributed by atoms with Gasteiger partial charge >= 0.3 is 0 Å². The van der Waals surface area contributed by atoms with E-state index in [0.29, 0.717) is 23.8 Å². The highest BCUT2D eigenvalue weighted by molar-refractivity contribution is 7.15. The van der Waals surface area contributed by atoms with E-state index in [2.05, 4.69) is 20.7 Å². The quantitative estimate of drug-likeness (QED) is 0.508. The number of aryl methyl sites for hydroxylation is 1. The van der Waals surface area contributed by atoms with Gasteiger partial charge in [-0.25, -0.2) is 4.52 Å². The Morgan fingerprint density at radius 2 is 1.79 bits per heavy atom. The smallest absolute Gasteiger partial charge is 0.250 e. The van der Waals surface area contributed by atoms with Crippen molar-refractivity contribution < 1.29 is 9.59 Å². The summed E-state index contributed by atoms with van der Waals surface area (Å²) in [5.74, 6) is 0.0685. The molecular formula is C21H19N5O2S. The van der Waals surface area contributed by atoms with Gasteiger partial charge in [0.1, 0.15) is 0 Å². The number of anilines is 2. The van der Waals surface area contributed by atoms with Crippen molar-refractivity contribution in [3.63, 3.8) is 0 Å². The number of hydrogen-bond donors (Lipinski definition) is 2. The Morgan fingerprint density at radius 3 is 2.52 bits per heavy atom. The van der Waals surface area contributed by atoms with Crippen LogP contribution in [0.2, 0.25) is 0 Å². The van der Waals surface area contributed by atoms with Gasteiger partial charge in [-0.15, -0.1) is 16.4 Å². The summed E-state index contributed by atoms with van der Waals surface area (Å²) < 4.78 is 1.71. The molecule has 0 fully saturated rings. The van der Waals surface area contributed by atoms with Crippen molar-refractivity contribution in [3.05, 3.63) is 65.5 Å². The van der Waals surface area contributed by atoms with Crippen molar-refractivity contribution >= 4 is 39.7 Å². The van der Waals surface area contributed by atoms with Crippen LogP contribution in [0.1, 0.15) is 18.9 Å². The number of amides is 2. The average molecular weight is 405 g/mol. The molecule has 0 aliphatic carbocycles. The average Bonchev–Trinajstić information content (AvgIpc) is 3.28. The lowest BCUT2D eigenvalue weighted by Crippen LogP contribution is -2.13. The summed E-state index contributed by atoms with van der Waals surface area (Å²) in [6.45, 7) is 1.47. The van der Waals surface area contributed by atoms with Crippen LogP contribution in [0.3, 0.4) is 0 Å². The van der Waals surface area contributed by atoms with E-state index in [9.17, 15) is 9.59 Å². The van der Waals surface area contributed by atoms with Gasteiger partial charge < -0.3 is 5.32 Å². The summed E-state index contributed by atoms with van der Waals surface area (Å²) in [5, 5.41) is 11.9. The zero-order valence-electron chi connectivity index (χ0n) is 15.8. The first kappa shape index (κ1) is 18.8. The first-order valence-electron chi connectivity index (χ1n) is 9.14. The highest BCUT2D eigenvalue weighted by atomic mass is 32.1. The molecule has 29 heavy (non-hydrogen) atoms. The molecule has 0 unspecified atom stereocenters. The predicted molar refractivity (Wildman–Crippen MR) is 114 cm³/mol. The van der Waals surface area contributed by atoms with Crippen LogP contribution in [0, 0.1) is 0 Å². The third kappa shape index (κ3) is 4.49. The predicted octanol–water partition coefficient (Wildman–Crippen LogP) is 3.99.